The Balaban J connectivity index is 1.85. The highest BCUT2D eigenvalue weighted by molar-refractivity contribution is 5.64. The SMILES string of the molecule is COc1cc2c(c(OC)c1O)[C@@H](c1cc(OC)c(O[C@@H]3O[C@H](CO)[C@@H](O)[C@H](O)[C@H]3O)c(OC)c1)[C@H](CO)[C@@H](CO)C2. The number of aromatic hydroxyl groups is 1. The van der Waals surface area contributed by atoms with Gasteiger partial charge in [-0.3, -0.25) is 0 Å². The summed E-state index contributed by atoms with van der Waals surface area (Å²) in [5.74, 6) is -1.02. The number of rotatable bonds is 10. The molecule has 0 radical (unpaired) electrons. The number of phenolic OH excluding ortho intramolecular Hbond substituents is 1. The van der Waals surface area contributed by atoms with Gasteiger partial charge in [-0.15, -0.1) is 0 Å². The number of ether oxygens (including phenoxy) is 6. The first-order chi connectivity index (χ1) is 19.7. The zero-order valence-electron chi connectivity index (χ0n) is 23.3. The fourth-order valence-electron chi connectivity index (χ4n) is 5.83. The van der Waals surface area contributed by atoms with Crippen molar-refractivity contribution in [2.45, 2.75) is 43.0 Å². The third-order valence-electron chi connectivity index (χ3n) is 7.96. The molecule has 41 heavy (non-hydrogen) atoms. The zero-order chi connectivity index (χ0) is 30.0. The molecule has 0 aromatic heterocycles. The highest BCUT2D eigenvalue weighted by atomic mass is 16.7. The van der Waals surface area contributed by atoms with Crippen LogP contribution in [-0.2, 0) is 11.2 Å². The Bertz CT molecular complexity index is 1180. The van der Waals surface area contributed by atoms with Gasteiger partial charge in [-0.05, 0) is 47.6 Å². The highest BCUT2D eigenvalue weighted by Gasteiger charge is 2.46. The molecule has 1 aliphatic carbocycles. The van der Waals surface area contributed by atoms with Crippen LogP contribution >= 0.6 is 0 Å². The predicted molar refractivity (Wildman–Crippen MR) is 142 cm³/mol. The number of hydrogen-bond acceptors (Lipinski definition) is 13. The van der Waals surface area contributed by atoms with Crippen molar-refractivity contribution in [3.05, 3.63) is 34.9 Å². The summed E-state index contributed by atoms with van der Waals surface area (Å²) in [5.41, 5.74) is 1.92. The van der Waals surface area contributed by atoms with Gasteiger partial charge in [-0.1, -0.05) is 0 Å². The maximum atomic E-state index is 10.9. The lowest BCUT2D eigenvalue weighted by atomic mass is 9.66. The minimum atomic E-state index is -1.67. The number of aliphatic hydroxyl groups excluding tert-OH is 6. The summed E-state index contributed by atoms with van der Waals surface area (Å²) in [4.78, 5) is 0. The van der Waals surface area contributed by atoms with Crippen molar-refractivity contribution in [3.8, 4) is 34.5 Å². The van der Waals surface area contributed by atoms with Gasteiger partial charge in [0, 0.05) is 24.7 Å². The molecular formula is C28H38O13. The van der Waals surface area contributed by atoms with Crippen molar-refractivity contribution in [1.29, 1.82) is 0 Å². The smallest absolute Gasteiger partial charge is 0.229 e. The topological polar surface area (TPSA) is 197 Å². The molecule has 228 valence electrons. The molecular weight excluding hydrogens is 544 g/mol. The molecule has 7 N–H and O–H groups in total. The van der Waals surface area contributed by atoms with Crippen LogP contribution in [0.1, 0.15) is 22.6 Å². The number of phenols is 1. The van der Waals surface area contributed by atoms with Gasteiger partial charge in [0.05, 0.1) is 35.0 Å². The fourth-order valence-corrected chi connectivity index (χ4v) is 5.83. The van der Waals surface area contributed by atoms with Crippen LogP contribution in [0.4, 0.5) is 0 Å². The van der Waals surface area contributed by atoms with Gasteiger partial charge in [-0.2, -0.15) is 0 Å². The van der Waals surface area contributed by atoms with E-state index in [1.807, 2.05) is 0 Å². The van der Waals surface area contributed by atoms with Gasteiger partial charge in [0.2, 0.25) is 17.8 Å². The van der Waals surface area contributed by atoms with Crippen LogP contribution in [0.2, 0.25) is 0 Å². The molecule has 2 aromatic carbocycles. The maximum Gasteiger partial charge on any atom is 0.229 e. The number of hydrogen-bond donors (Lipinski definition) is 7. The third-order valence-corrected chi connectivity index (χ3v) is 7.96. The van der Waals surface area contributed by atoms with E-state index in [9.17, 15) is 35.7 Å². The molecule has 0 bridgehead atoms. The third kappa shape index (κ3) is 5.46. The lowest BCUT2D eigenvalue weighted by Gasteiger charge is -2.40. The Morgan fingerprint density at radius 2 is 1.39 bits per heavy atom. The highest BCUT2D eigenvalue weighted by Crippen LogP contribution is 2.54. The summed E-state index contributed by atoms with van der Waals surface area (Å²) >= 11 is 0. The van der Waals surface area contributed by atoms with E-state index in [2.05, 4.69) is 0 Å². The molecule has 0 amide bonds. The number of aliphatic hydroxyl groups is 6. The molecule has 1 saturated heterocycles. The predicted octanol–water partition coefficient (Wildman–Crippen LogP) is -0.490. The summed E-state index contributed by atoms with van der Waals surface area (Å²) in [5, 5.41) is 72.0. The number of benzene rings is 2. The summed E-state index contributed by atoms with van der Waals surface area (Å²) in [6, 6.07) is 4.93. The van der Waals surface area contributed by atoms with Crippen molar-refractivity contribution >= 4 is 0 Å². The molecule has 4 rings (SSSR count). The largest absolute Gasteiger partial charge is 0.502 e. The van der Waals surface area contributed by atoms with Gasteiger partial charge in [0.25, 0.3) is 0 Å². The lowest BCUT2D eigenvalue weighted by molar-refractivity contribution is -0.277. The van der Waals surface area contributed by atoms with Gasteiger partial charge in [0.15, 0.2) is 23.0 Å². The van der Waals surface area contributed by atoms with Crippen LogP contribution in [0.3, 0.4) is 0 Å². The summed E-state index contributed by atoms with van der Waals surface area (Å²) in [6.45, 7) is -1.13. The van der Waals surface area contributed by atoms with E-state index in [-0.39, 0.29) is 53.6 Å². The number of fused-ring (bicyclic) bond motifs is 1. The standard InChI is InChI=1S/C28H38O13/c1-36-16-6-12-5-14(9-29)15(10-30)20(21(12)27(39-4)23(16)33)13-7-17(37-2)26(18(8-13)38-3)41-28-25(35)24(34)22(32)19(11-31)40-28/h6-8,14-15,19-20,22,24-25,28-35H,5,9-11H2,1-4H3/t14-,15-,19-,20+,22-,24+,25-,28+/m1/s1. The Kier molecular flexibility index (Phi) is 9.70. The van der Waals surface area contributed by atoms with Crippen LogP contribution in [0.15, 0.2) is 18.2 Å². The minimum Gasteiger partial charge on any atom is -0.502 e. The monoisotopic (exact) mass is 582 g/mol. The molecule has 2 aliphatic rings. The Morgan fingerprint density at radius 1 is 0.756 bits per heavy atom. The van der Waals surface area contributed by atoms with Crippen molar-refractivity contribution in [3.63, 3.8) is 0 Å². The molecule has 0 saturated carbocycles. The maximum absolute atomic E-state index is 10.9. The lowest BCUT2D eigenvalue weighted by Crippen LogP contribution is -2.60. The van der Waals surface area contributed by atoms with Crippen LogP contribution in [0.5, 0.6) is 34.5 Å². The van der Waals surface area contributed by atoms with Crippen LogP contribution in [0, 0.1) is 11.8 Å². The van der Waals surface area contributed by atoms with E-state index >= 15 is 0 Å². The Hall–Kier alpha value is -3.04. The van der Waals surface area contributed by atoms with E-state index in [1.54, 1.807) is 18.2 Å². The molecule has 2 aromatic rings. The first kappa shape index (κ1) is 30.9. The normalized spacial score (nSPS) is 29.4. The molecule has 8 atom stereocenters. The van der Waals surface area contributed by atoms with Crippen molar-refractivity contribution < 1.29 is 64.2 Å². The molecule has 13 heteroatoms. The summed E-state index contributed by atoms with van der Waals surface area (Å²) in [7, 11) is 5.59. The first-order valence-corrected chi connectivity index (χ1v) is 13.1. The van der Waals surface area contributed by atoms with Gasteiger partial charge >= 0.3 is 0 Å². The van der Waals surface area contributed by atoms with Crippen molar-refractivity contribution in [2.75, 3.05) is 48.3 Å². The first-order valence-electron chi connectivity index (χ1n) is 13.1. The van der Waals surface area contributed by atoms with Crippen molar-refractivity contribution in [1.82, 2.24) is 0 Å². The van der Waals surface area contributed by atoms with Gasteiger partial charge < -0.3 is 64.2 Å². The second-order valence-corrected chi connectivity index (χ2v) is 10.1. The molecule has 0 spiro atoms. The number of methoxy groups -OCH3 is 4. The average molecular weight is 583 g/mol. The second kappa shape index (κ2) is 12.9. The van der Waals surface area contributed by atoms with Crippen LogP contribution in [0.25, 0.3) is 0 Å². The quantitative estimate of drug-likeness (QED) is 0.190. The van der Waals surface area contributed by atoms with E-state index in [0.717, 1.165) is 5.56 Å². The summed E-state index contributed by atoms with van der Waals surface area (Å²) < 4.78 is 33.6. The molecule has 1 heterocycles. The second-order valence-electron chi connectivity index (χ2n) is 10.1. The Morgan fingerprint density at radius 3 is 1.90 bits per heavy atom. The molecule has 1 fully saturated rings. The van der Waals surface area contributed by atoms with E-state index in [4.69, 9.17) is 28.4 Å². The minimum absolute atomic E-state index is 0.00270. The Labute approximate surface area is 237 Å². The fraction of sp³-hybridized carbons (Fsp3) is 0.571. The van der Waals surface area contributed by atoms with Crippen LogP contribution in [-0.4, -0.2) is 115 Å². The zero-order valence-corrected chi connectivity index (χ0v) is 23.3. The molecule has 0 unspecified atom stereocenters. The van der Waals surface area contributed by atoms with Gasteiger partial charge in [-0.25, -0.2) is 0 Å². The van der Waals surface area contributed by atoms with E-state index < -0.39 is 49.1 Å². The average Bonchev–Trinajstić information content (AvgIpc) is 2.99. The van der Waals surface area contributed by atoms with Crippen molar-refractivity contribution in [2.24, 2.45) is 11.8 Å². The van der Waals surface area contributed by atoms with Gasteiger partial charge in [0.1, 0.15) is 24.4 Å². The van der Waals surface area contributed by atoms with E-state index in [1.165, 1.54) is 28.4 Å². The summed E-state index contributed by atoms with van der Waals surface area (Å²) in [6.07, 6.45) is -7.17. The van der Waals surface area contributed by atoms with Crippen LogP contribution < -0.4 is 23.7 Å². The molecule has 13 nitrogen and oxygen atoms in total. The molecule has 1 aliphatic heterocycles. The van der Waals surface area contributed by atoms with E-state index in [0.29, 0.717) is 17.5 Å².